The van der Waals surface area contributed by atoms with Gasteiger partial charge in [-0.1, -0.05) is 12.1 Å². The number of carboxylic acids is 1. The molecule has 1 saturated carbocycles. The quantitative estimate of drug-likeness (QED) is 0.543. The van der Waals surface area contributed by atoms with Crippen LogP contribution >= 0.6 is 0 Å². The maximum Gasteiger partial charge on any atom is 0.337 e. The molecular weight excluding hydrogens is 454 g/mol. The van der Waals surface area contributed by atoms with E-state index in [2.05, 4.69) is 5.32 Å². The lowest BCUT2D eigenvalue weighted by Crippen LogP contribution is -2.38. The molecule has 0 radical (unpaired) electrons. The number of hydrogen-bond acceptors (Lipinski definition) is 5. The number of hydrogen-bond donors (Lipinski definition) is 2. The van der Waals surface area contributed by atoms with E-state index in [4.69, 9.17) is 4.98 Å². The van der Waals surface area contributed by atoms with Gasteiger partial charge < -0.3 is 15.3 Å². The van der Waals surface area contributed by atoms with E-state index in [-0.39, 0.29) is 23.6 Å². The number of aromatic nitrogens is 2. The molecule has 0 unspecified atom stereocenters. The molecule has 3 heterocycles. The maximum atomic E-state index is 13.9. The summed E-state index contributed by atoms with van der Waals surface area (Å²) < 4.78 is 29.2. The van der Waals surface area contributed by atoms with Crippen LogP contribution in [0.1, 0.15) is 59.3 Å². The van der Waals surface area contributed by atoms with Crippen LogP contribution in [0.2, 0.25) is 0 Å². The first-order valence-electron chi connectivity index (χ1n) is 11.8. The first kappa shape index (κ1) is 23.3. The Hall–Kier alpha value is -3.49. The van der Waals surface area contributed by atoms with Crippen molar-refractivity contribution >= 4 is 23.1 Å². The number of halogens is 2. The van der Waals surface area contributed by atoms with E-state index >= 15 is 0 Å². The fourth-order valence-corrected chi connectivity index (χ4v) is 5.29. The van der Waals surface area contributed by atoms with Gasteiger partial charge in [-0.2, -0.15) is 0 Å². The van der Waals surface area contributed by atoms with Gasteiger partial charge in [0.05, 0.1) is 17.2 Å². The summed E-state index contributed by atoms with van der Waals surface area (Å²) in [4.78, 5) is 31.8. The summed E-state index contributed by atoms with van der Waals surface area (Å²) in [5.74, 6) is -3.09. The van der Waals surface area contributed by atoms with Crippen molar-refractivity contribution in [3.8, 4) is 0 Å². The molecule has 5 rings (SSSR count). The standard InChI is InChI=1S/C26H28F2N4O3/c1-15-12-19(17(3)29-20-7-5-4-6-18(20)24(34)35)22-30-21(16(2)23(33)32(22)13-15)31-10-8-25(9-11-31)14-26(25,27)28/h4-7,12-13,17,29H,8-11,14H2,1-3H3,(H,34,35)/t17-/m1/s1. The van der Waals surface area contributed by atoms with Crippen molar-refractivity contribution in [2.24, 2.45) is 5.41 Å². The van der Waals surface area contributed by atoms with E-state index in [1.165, 1.54) is 10.5 Å². The van der Waals surface area contributed by atoms with E-state index in [0.29, 0.717) is 48.6 Å². The molecule has 3 aromatic rings. The molecule has 0 bridgehead atoms. The maximum absolute atomic E-state index is 13.9. The fraction of sp³-hybridized carbons (Fsp3) is 0.423. The molecule has 7 nitrogen and oxygen atoms in total. The Morgan fingerprint density at radius 1 is 1.20 bits per heavy atom. The third kappa shape index (κ3) is 3.83. The zero-order valence-corrected chi connectivity index (χ0v) is 19.9. The number of nitrogens with zero attached hydrogens (tertiary/aromatic N) is 3. The van der Waals surface area contributed by atoms with Crippen LogP contribution in [0, 0.1) is 19.3 Å². The lowest BCUT2D eigenvalue weighted by Gasteiger charge is -2.34. The van der Waals surface area contributed by atoms with Gasteiger partial charge in [0, 0.05) is 42.4 Å². The lowest BCUT2D eigenvalue weighted by atomic mass is 9.92. The van der Waals surface area contributed by atoms with Gasteiger partial charge in [-0.15, -0.1) is 0 Å². The van der Waals surface area contributed by atoms with Gasteiger partial charge in [-0.25, -0.2) is 18.6 Å². The molecule has 1 aliphatic heterocycles. The van der Waals surface area contributed by atoms with Crippen LogP contribution < -0.4 is 15.8 Å². The smallest absolute Gasteiger partial charge is 0.337 e. The second kappa shape index (κ2) is 8.03. The monoisotopic (exact) mass is 482 g/mol. The Morgan fingerprint density at radius 2 is 1.86 bits per heavy atom. The average Bonchev–Trinajstić information content (AvgIpc) is 3.35. The number of carbonyl (C=O) groups is 1. The van der Waals surface area contributed by atoms with Crippen LogP contribution in [-0.4, -0.2) is 39.5 Å². The highest BCUT2D eigenvalue weighted by Gasteiger charge is 2.70. The average molecular weight is 483 g/mol. The van der Waals surface area contributed by atoms with E-state index < -0.39 is 17.3 Å². The number of para-hydroxylation sites is 1. The summed E-state index contributed by atoms with van der Waals surface area (Å²) in [7, 11) is 0. The molecule has 1 aromatic carbocycles. The minimum Gasteiger partial charge on any atom is -0.478 e. The van der Waals surface area contributed by atoms with Crippen LogP contribution in [0.4, 0.5) is 20.3 Å². The molecule has 9 heteroatoms. The first-order valence-corrected chi connectivity index (χ1v) is 11.8. The number of nitrogens with one attached hydrogen (secondary N) is 1. The lowest BCUT2D eigenvalue weighted by molar-refractivity contribution is 0.0536. The molecule has 1 atom stereocenters. The number of anilines is 2. The van der Waals surface area contributed by atoms with Crippen molar-refractivity contribution < 1.29 is 18.7 Å². The SMILES string of the molecule is Cc1cc([C@@H](C)Nc2ccccc2C(=O)O)c2nc(N3CCC4(CC3)CC4(F)F)c(C)c(=O)n2c1. The Morgan fingerprint density at radius 3 is 2.49 bits per heavy atom. The highest BCUT2D eigenvalue weighted by Crippen LogP contribution is 2.65. The molecule has 2 aliphatic rings. The van der Waals surface area contributed by atoms with Gasteiger partial charge in [0.2, 0.25) is 0 Å². The Kier molecular flexibility index (Phi) is 5.34. The van der Waals surface area contributed by atoms with Gasteiger partial charge in [0.15, 0.2) is 0 Å². The molecule has 0 amide bonds. The largest absolute Gasteiger partial charge is 0.478 e. The molecule has 1 spiro atoms. The van der Waals surface area contributed by atoms with E-state index in [1.54, 1.807) is 31.3 Å². The van der Waals surface area contributed by atoms with Crippen LogP contribution in [0.25, 0.3) is 5.65 Å². The molecule has 2 fully saturated rings. The molecular formula is C26H28F2N4O3. The van der Waals surface area contributed by atoms with Crippen molar-refractivity contribution in [2.45, 2.75) is 52.0 Å². The van der Waals surface area contributed by atoms with Gasteiger partial charge in [-0.05, 0) is 57.4 Å². The predicted molar refractivity (Wildman–Crippen MR) is 130 cm³/mol. The van der Waals surface area contributed by atoms with Crippen molar-refractivity contribution in [3.05, 3.63) is 69.1 Å². The van der Waals surface area contributed by atoms with Gasteiger partial charge in [0.1, 0.15) is 11.5 Å². The minimum absolute atomic E-state index is 0.0505. The molecule has 2 N–H and O–H groups in total. The van der Waals surface area contributed by atoms with Crippen LogP contribution in [0.15, 0.2) is 41.3 Å². The normalized spacial score (nSPS) is 19.1. The van der Waals surface area contributed by atoms with Gasteiger partial charge in [-0.3, -0.25) is 9.20 Å². The van der Waals surface area contributed by atoms with Crippen molar-refractivity contribution in [3.63, 3.8) is 0 Å². The van der Waals surface area contributed by atoms with Gasteiger partial charge >= 0.3 is 5.97 Å². The van der Waals surface area contributed by atoms with Crippen molar-refractivity contribution in [1.29, 1.82) is 0 Å². The van der Waals surface area contributed by atoms with E-state index in [9.17, 15) is 23.5 Å². The first-order chi connectivity index (χ1) is 16.5. The number of piperidine rings is 1. The third-order valence-electron chi connectivity index (χ3n) is 7.52. The van der Waals surface area contributed by atoms with Crippen LogP contribution in [-0.2, 0) is 0 Å². The molecule has 2 aromatic heterocycles. The summed E-state index contributed by atoms with van der Waals surface area (Å²) in [6.45, 7) is 6.36. The highest BCUT2D eigenvalue weighted by atomic mass is 19.3. The third-order valence-corrected chi connectivity index (χ3v) is 7.52. The van der Waals surface area contributed by atoms with Gasteiger partial charge in [0.25, 0.3) is 11.5 Å². The Bertz CT molecular complexity index is 1390. The summed E-state index contributed by atoms with van der Waals surface area (Å²) >= 11 is 0. The Balaban J connectivity index is 1.53. The fourth-order valence-electron chi connectivity index (χ4n) is 5.29. The summed E-state index contributed by atoms with van der Waals surface area (Å²) in [5, 5.41) is 12.8. The zero-order chi connectivity index (χ0) is 25.1. The number of aromatic carboxylic acids is 1. The molecule has 1 aliphatic carbocycles. The summed E-state index contributed by atoms with van der Waals surface area (Å²) in [6.07, 6.45) is 2.44. The molecule has 184 valence electrons. The topological polar surface area (TPSA) is 86.9 Å². The van der Waals surface area contributed by atoms with E-state index in [0.717, 1.165) is 11.1 Å². The summed E-state index contributed by atoms with van der Waals surface area (Å²) in [6, 6.07) is 8.22. The highest BCUT2D eigenvalue weighted by molar-refractivity contribution is 5.94. The zero-order valence-electron chi connectivity index (χ0n) is 19.9. The number of pyridine rings is 1. The van der Waals surface area contributed by atoms with Crippen LogP contribution in [0.5, 0.6) is 0 Å². The van der Waals surface area contributed by atoms with Crippen LogP contribution in [0.3, 0.4) is 0 Å². The summed E-state index contributed by atoms with van der Waals surface area (Å²) in [5.41, 5.74) is 2.07. The minimum atomic E-state index is -2.58. The second-order valence-electron chi connectivity index (χ2n) is 9.90. The number of fused-ring (bicyclic) bond motifs is 1. The Labute approximate surface area is 201 Å². The number of alkyl halides is 2. The second-order valence-corrected chi connectivity index (χ2v) is 9.90. The van der Waals surface area contributed by atoms with E-state index in [1.807, 2.05) is 24.8 Å². The molecule has 35 heavy (non-hydrogen) atoms. The number of benzene rings is 1. The molecule has 1 saturated heterocycles. The number of carboxylic acid groups (broad SMARTS) is 1. The predicted octanol–water partition coefficient (Wildman–Crippen LogP) is 4.81. The number of aryl methyl sites for hydroxylation is 1. The van der Waals surface area contributed by atoms with Crippen molar-refractivity contribution in [2.75, 3.05) is 23.3 Å². The van der Waals surface area contributed by atoms with Crippen molar-refractivity contribution in [1.82, 2.24) is 9.38 Å². The number of rotatable bonds is 5.